The molecule has 1 aliphatic heterocycles. The maximum absolute atomic E-state index is 12.3. The molecule has 0 spiro atoms. The fourth-order valence-electron chi connectivity index (χ4n) is 3.19. The normalized spacial score (nSPS) is 14.1. The van der Waals surface area contributed by atoms with E-state index in [1.54, 1.807) is 0 Å². The average molecular weight is 559 g/mol. The van der Waals surface area contributed by atoms with E-state index >= 15 is 0 Å². The third-order valence-corrected chi connectivity index (χ3v) is 4.47. The van der Waals surface area contributed by atoms with Crippen molar-refractivity contribution in [2.45, 2.75) is 65.5 Å². The third kappa shape index (κ3) is 11.0. The lowest BCUT2D eigenvalue weighted by atomic mass is 10.1. The molecule has 0 saturated carbocycles. The molecule has 1 saturated heterocycles. The fraction of sp³-hybridized carbons (Fsp3) is 0.609. The number of amides is 2. The van der Waals surface area contributed by atoms with Crippen LogP contribution >= 0.6 is 24.0 Å². The summed E-state index contributed by atoms with van der Waals surface area (Å²) in [5.74, 6) is 1.22. The van der Waals surface area contributed by atoms with Crippen molar-refractivity contribution >= 4 is 47.4 Å². The van der Waals surface area contributed by atoms with Crippen LogP contribution in [0.1, 0.15) is 53.9 Å². The highest BCUT2D eigenvalue weighted by molar-refractivity contribution is 14.0. The van der Waals surface area contributed by atoms with Gasteiger partial charge in [0.1, 0.15) is 12.3 Å². The number of guanidine groups is 1. The van der Waals surface area contributed by atoms with E-state index in [1.807, 2.05) is 63.8 Å². The van der Waals surface area contributed by atoms with E-state index in [9.17, 15) is 9.59 Å². The molecule has 1 aromatic rings. The minimum absolute atomic E-state index is 0. The first-order valence-electron chi connectivity index (χ1n) is 11.0. The summed E-state index contributed by atoms with van der Waals surface area (Å²) in [5, 5.41) is 9.26. The summed E-state index contributed by atoms with van der Waals surface area (Å²) in [7, 11) is 0. The number of carbonyl (C=O) groups excluding carboxylic acids is 2. The number of nitrogens with zero attached hydrogens (tertiary/aromatic N) is 2. The summed E-state index contributed by atoms with van der Waals surface area (Å²) in [6.45, 7) is 11.9. The first-order valence-corrected chi connectivity index (χ1v) is 11.0. The Morgan fingerprint density at radius 1 is 1.12 bits per heavy atom. The van der Waals surface area contributed by atoms with Crippen molar-refractivity contribution in [2.24, 2.45) is 4.99 Å². The Kier molecular flexibility index (Phi) is 11.8. The van der Waals surface area contributed by atoms with Gasteiger partial charge in [-0.2, -0.15) is 0 Å². The minimum atomic E-state index is -0.317. The molecule has 2 amide bonds. The van der Waals surface area contributed by atoms with Gasteiger partial charge in [-0.1, -0.05) is 0 Å². The van der Waals surface area contributed by atoms with Gasteiger partial charge < -0.3 is 25.6 Å². The smallest absolute Gasteiger partial charge is 0.242 e. The van der Waals surface area contributed by atoms with Crippen molar-refractivity contribution in [3.63, 3.8) is 0 Å². The molecule has 0 unspecified atom stereocenters. The molecular formula is C23H38IN5O3. The molecule has 1 aliphatic rings. The Morgan fingerprint density at radius 2 is 1.75 bits per heavy atom. The van der Waals surface area contributed by atoms with Gasteiger partial charge in [0.25, 0.3) is 0 Å². The lowest BCUT2D eigenvalue weighted by Crippen LogP contribution is -2.42. The average Bonchev–Trinajstić information content (AvgIpc) is 3.20. The van der Waals surface area contributed by atoms with Gasteiger partial charge >= 0.3 is 0 Å². The predicted octanol–water partition coefficient (Wildman–Crippen LogP) is 3.38. The quantitative estimate of drug-likeness (QED) is 0.258. The van der Waals surface area contributed by atoms with Crippen LogP contribution in [0.2, 0.25) is 0 Å². The number of ether oxygens (including phenoxy) is 1. The van der Waals surface area contributed by atoms with E-state index in [-0.39, 0.29) is 54.0 Å². The molecule has 1 heterocycles. The molecule has 180 valence electrons. The lowest BCUT2D eigenvalue weighted by Gasteiger charge is -2.20. The Labute approximate surface area is 209 Å². The van der Waals surface area contributed by atoms with Crippen LogP contribution in [0.15, 0.2) is 29.3 Å². The number of aliphatic imine (C=N–C) groups is 1. The maximum atomic E-state index is 12.3. The van der Waals surface area contributed by atoms with E-state index in [1.165, 1.54) is 0 Å². The summed E-state index contributed by atoms with van der Waals surface area (Å²) in [6.07, 6.45) is 2.64. The Morgan fingerprint density at radius 3 is 2.31 bits per heavy atom. The van der Waals surface area contributed by atoms with Crippen molar-refractivity contribution in [2.75, 3.05) is 31.5 Å². The summed E-state index contributed by atoms with van der Waals surface area (Å²) in [6, 6.07) is 7.53. The van der Waals surface area contributed by atoms with Crippen LogP contribution in [0.25, 0.3) is 0 Å². The number of nitrogens with one attached hydrogen (secondary N) is 3. The zero-order valence-electron chi connectivity index (χ0n) is 19.9. The Balaban J connectivity index is 0.00000512. The zero-order chi connectivity index (χ0) is 22.9. The monoisotopic (exact) mass is 559 g/mol. The van der Waals surface area contributed by atoms with E-state index < -0.39 is 0 Å². The molecule has 1 aromatic carbocycles. The van der Waals surface area contributed by atoms with Gasteiger partial charge in [0.15, 0.2) is 5.96 Å². The number of carbonyl (C=O) groups is 2. The second kappa shape index (κ2) is 13.5. The molecule has 0 aliphatic carbocycles. The lowest BCUT2D eigenvalue weighted by molar-refractivity contribution is -0.130. The molecule has 9 heteroatoms. The van der Waals surface area contributed by atoms with Gasteiger partial charge in [-0.25, -0.2) is 4.99 Å². The van der Waals surface area contributed by atoms with E-state index in [0.29, 0.717) is 18.9 Å². The molecule has 0 aromatic heterocycles. The second-order valence-electron chi connectivity index (χ2n) is 9.04. The fourth-order valence-corrected chi connectivity index (χ4v) is 3.19. The van der Waals surface area contributed by atoms with Gasteiger partial charge in [-0.15, -0.1) is 24.0 Å². The van der Waals surface area contributed by atoms with Crippen molar-refractivity contribution < 1.29 is 14.3 Å². The third-order valence-electron chi connectivity index (χ3n) is 4.47. The highest BCUT2D eigenvalue weighted by atomic mass is 127. The van der Waals surface area contributed by atoms with Crippen LogP contribution in [0.4, 0.5) is 5.69 Å². The summed E-state index contributed by atoms with van der Waals surface area (Å²) in [4.78, 5) is 30.7. The number of hydrogen-bond acceptors (Lipinski definition) is 4. The van der Waals surface area contributed by atoms with Crippen molar-refractivity contribution in [3.05, 3.63) is 24.3 Å². The SMILES string of the molecule is CC(C)Oc1ccc(NC(=NCC(=O)NC(C)(C)C)NCCC(=O)N2CCCC2)cc1.I. The first-order chi connectivity index (χ1) is 14.6. The predicted molar refractivity (Wildman–Crippen MR) is 140 cm³/mol. The number of anilines is 1. The molecule has 0 radical (unpaired) electrons. The van der Waals surface area contributed by atoms with Crippen LogP contribution in [0, 0.1) is 0 Å². The Bertz CT molecular complexity index is 754. The molecule has 2 rings (SSSR count). The van der Waals surface area contributed by atoms with Gasteiger partial charge in [0.05, 0.1) is 6.10 Å². The first kappa shape index (κ1) is 28.0. The molecule has 8 nitrogen and oxygen atoms in total. The topological polar surface area (TPSA) is 95.1 Å². The van der Waals surface area contributed by atoms with Crippen molar-refractivity contribution in [1.82, 2.24) is 15.5 Å². The van der Waals surface area contributed by atoms with Crippen molar-refractivity contribution in [3.8, 4) is 5.75 Å². The number of benzene rings is 1. The largest absolute Gasteiger partial charge is 0.491 e. The highest BCUT2D eigenvalue weighted by Crippen LogP contribution is 2.17. The van der Waals surface area contributed by atoms with Crippen LogP contribution in [-0.4, -0.2) is 60.5 Å². The van der Waals surface area contributed by atoms with Gasteiger partial charge in [0, 0.05) is 37.3 Å². The van der Waals surface area contributed by atoms with E-state index in [0.717, 1.165) is 37.4 Å². The standard InChI is InChI=1S/C23H37N5O3.HI/c1-17(2)31-19-10-8-18(9-11-19)26-22(25-16-20(29)27-23(3,4)5)24-13-12-21(30)28-14-6-7-15-28;/h8-11,17H,6-7,12-16H2,1-5H3,(H,27,29)(H2,24,25,26);1H. The zero-order valence-corrected chi connectivity index (χ0v) is 22.2. The molecular weight excluding hydrogens is 521 g/mol. The maximum Gasteiger partial charge on any atom is 0.242 e. The van der Waals surface area contributed by atoms with Gasteiger partial charge in [0.2, 0.25) is 11.8 Å². The number of hydrogen-bond donors (Lipinski definition) is 3. The van der Waals surface area contributed by atoms with E-state index in [2.05, 4.69) is 20.9 Å². The van der Waals surface area contributed by atoms with Crippen molar-refractivity contribution in [1.29, 1.82) is 0 Å². The second-order valence-corrected chi connectivity index (χ2v) is 9.04. The number of likely N-dealkylation sites (tertiary alicyclic amines) is 1. The van der Waals surface area contributed by atoms with Crippen LogP contribution < -0.4 is 20.7 Å². The summed E-state index contributed by atoms with van der Waals surface area (Å²) in [5.41, 5.74) is 0.492. The number of halogens is 1. The molecule has 3 N–H and O–H groups in total. The van der Waals surface area contributed by atoms with Crippen LogP contribution in [-0.2, 0) is 9.59 Å². The van der Waals surface area contributed by atoms with E-state index in [4.69, 9.17) is 4.74 Å². The summed E-state index contributed by atoms with van der Waals surface area (Å²) < 4.78 is 5.67. The Hall–Kier alpha value is -2.04. The highest BCUT2D eigenvalue weighted by Gasteiger charge is 2.17. The minimum Gasteiger partial charge on any atom is -0.491 e. The van der Waals surface area contributed by atoms with Crippen LogP contribution in [0.5, 0.6) is 5.75 Å². The van der Waals surface area contributed by atoms with Crippen LogP contribution in [0.3, 0.4) is 0 Å². The molecule has 0 atom stereocenters. The summed E-state index contributed by atoms with van der Waals surface area (Å²) >= 11 is 0. The van der Waals surface area contributed by atoms with Gasteiger partial charge in [-0.3, -0.25) is 9.59 Å². The number of rotatable bonds is 8. The van der Waals surface area contributed by atoms with Gasteiger partial charge in [-0.05, 0) is 71.7 Å². The molecule has 0 bridgehead atoms. The molecule has 1 fully saturated rings. The molecule has 32 heavy (non-hydrogen) atoms.